The van der Waals surface area contributed by atoms with Gasteiger partial charge in [-0.15, -0.1) is 0 Å². The molecule has 0 aromatic heterocycles. The van der Waals surface area contributed by atoms with E-state index in [1.165, 1.54) is 244 Å². The first-order chi connectivity index (χ1) is 39.0. The molecular weight excluding hydrogens is 973 g/mol. The van der Waals surface area contributed by atoms with Gasteiger partial charge in [0.15, 0.2) is 6.10 Å². The van der Waals surface area contributed by atoms with Gasteiger partial charge < -0.3 is 14.2 Å². The van der Waals surface area contributed by atoms with Crippen LogP contribution in [0.4, 0.5) is 0 Å². The van der Waals surface area contributed by atoms with Crippen LogP contribution in [-0.4, -0.2) is 37.2 Å². The molecule has 6 heteroatoms. The third-order valence-corrected chi connectivity index (χ3v) is 15.5. The van der Waals surface area contributed by atoms with Gasteiger partial charge in [-0.3, -0.25) is 14.4 Å². The molecule has 0 N–H and O–H groups in total. The van der Waals surface area contributed by atoms with Gasteiger partial charge in [-0.1, -0.05) is 319 Å². The average Bonchev–Trinajstić information content (AvgIpc) is 3.45. The van der Waals surface area contributed by atoms with Crippen LogP contribution in [-0.2, 0) is 28.6 Å². The molecule has 0 aromatic rings. The van der Waals surface area contributed by atoms with Crippen molar-refractivity contribution >= 4 is 17.9 Å². The molecule has 79 heavy (non-hydrogen) atoms. The summed E-state index contributed by atoms with van der Waals surface area (Å²) < 4.78 is 16.9. The Hall–Kier alpha value is -2.89. The summed E-state index contributed by atoms with van der Waals surface area (Å²) in [7, 11) is 0. The van der Waals surface area contributed by atoms with Crippen LogP contribution in [0.1, 0.15) is 367 Å². The van der Waals surface area contributed by atoms with Gasteiger partial charge in [0.25, 0.3) is 0 Å². The predicted molar refractivity (Wildman–Crippen MR) is 344 cm³/mol. The smallest absolute Gasteiger partial charge is 0.306 e. The van der Waals surface area contributed by atoms with Crippen molar-refractivity contribution in [2.75, 3.05) is 13.2 Å². The van der Waals surface area contributed by atoms with Crippen LogP contribution in [0.15, 0.2) is 60.8 Å². The van der Waals surface area contributed by atoms with Crippen LogP contribution in [0.25, 0.3) is 0 Å². The lowest BCUT2D eigenvalue weighted by Gasteiger charge is -2.18. The Kier molecular flexibility index (Phi) is 65.1. The van der Waals surface area contributed by atoms with Gasteiger partial charge in [0, 0.05) is 19.3 Å². The van der Waals surface area contributed by atoms with Crippen molar-refractivity contribution in [1.82, 2.24) is 0 Å². The summed E-state index contributed by atoms with van der Waals surface area (Å²) >= 11 is 0. The van der Waals surface area contributed by atoms with Crippen LogP contribution in [0, 0.1) is 0 Å². The fraction of sp³-hybridized carbons (Fsp3) is 0.822. The summed E-state index contributed by atoms with van der Waals surface area (Å²) in [4.78, 5) is 38.3. The van der Waals surface area contributed by atoms with Crippen LogP contribution >= 0.6 is 0 Å². The first-order valence-electron chi connectivity index (χ1n) is 34.8. The SMILES string of the molecule is CCCCCCC/C=C\C/C=C\C/C=C\CCCCCCCCC(=O)OC(COC(=O)CCCCCCCCCCCCC)COC(=O)CCCCCCCCCCCCCCCCCCC/C=C\C/C=C\CCCCCCC. The predicted octanol–water partition coefficient (Wildman–Crippen LogP) is 23.9. The minimum atomic E-state index is -0.779. The molecule has 0 aliphatic rings. The Labute approximate surface area is 491 Å². The summed E-state index contributed by atoms with van der Waals surface area (Å²) in [5.41, 5.74) is 0. The highest BCUT2D eigenvalue weighted by Gasteiger charge is 2.19. The third kappa shape index (κ3) is 65.8. The number of carbonyl (C=O) groups is 3. The Morgan fingerprint density at radius 2 is 0.456 bits per heavy atom. The molecule has 0 aliphatic heterocycles. The second-order valence-corrected chi connectivity index (χ2v) is 23.4. The molecule has 0 spiro atoms. The van der Waals surface area contributed by atoms with E-state index in [1.807, 2.05) is 0 Å². The first-order valence-corrected chi connectivity index (χ1v) is 34.8. The summed E-state index contributed by atoms with van der Waals surface area (Å²) in [6.45, 7) is 6.65. The monoisotopic (exact) mass is 1110 g/mol. The van der Waals surface area contributed by atoms with Crippen LogP contribution in [0.2, 0.25) is 0 Å². The molecular formula is C73H132O6. The number of esters is 3. The second kappa shape index (κ2) is 67.6. The van der Waals surface area contributed by atoms with E-state index >= 15 is 0 Å². The highest BCUT2D eigenvalue weighted by molar-refractivity contribution is 5.71. The minimum absolute atomic E-state index is 0.0753. The van der Waals surface area contributed by atoms with E-state index in [1.54, 1.807) is 0 Å². The zero-order valence-corrected chi connectivity index (χ0v) is 52.9. The molecule has 6 nitrogen and oxygen atoms in total. The van der Waals surface area contributed by atoms with Gasteiger partial charge in [-0.25, -0.2) is 0 Å². The molecule has 0 bridgehead atoms. The molecule has 0 saturated carbocycles. The van der Waals surface area contributed by atoms with Crippen LogP contribution in [0.3, 0.4) is 0 Å². The van der Waals surface area contributed by atoms with Gasteiger partial charge in [0.05, 0.1) is 0 Å². The first kappa shape index (κ1) is 76.1. The fourth-order valence-corrected chi connectivity index (χ4v) is 10.2. The topological polar surface area (TPSA) is 78.9 Å². The molecule has 0 heterocycles. The fourth-order valence-electron chi connectivity index (χ4n) is 10.2. The lowest BCUT2D eigenvalue weighted by molar-refractivity contribution is -0.167. The van der Waals surface area contributed by atoms with Crippen molar-refractivity contribution < 1.29 is 28.6 Å². The maximum atomic E-state index is 12.9. The lowest BCUT2D eigenvalue weighted by atomic mass is 10.0. The van der Waals surface area contributed by atoms with Crippen molar-refractivity contribution in [2.24, 2.45) is 0 Å². The highest BCUT2D eigenvalue weighted by Crippen LogP contribution is 2.17. The Morgan fingerprint density at radius 3 is 0.709 bits per heavy atom. The maximum absolute atomic E-state index is 12.9. The van der Waals surface area contributed by atoms with Crippen molar-refractivity contribution in [1.29, 1.82) is 0 Å². The van der Waals surface area contributed by atoms with E-state index in [4.69, 9.17) is 14.2 Å². The van der Waals surface area contributed by atoms with Gasteiger partial charge in [0.1, 0.15) is 13.2 Å². The highest BCUT2D eigenvalue weighted by atomic mass is 16.6. The zero-order chi connectivity index (χ0) is 57.1. The number of carbonyl (C=O) groups excluding carboxylic acids is 3. The van der Waals surface area contributed by atoms with E-state index in [9.17, 15) is 14.4 Å². The normalized spacial score (nSPS) is 12.4. The summed E-state index contributed by atoms with van der Waals surface area (Å²) in [5, 5.41) is 0. The van der Waals surface area contributed by atoms with E-state index in [0.717, 1.165) is 83.5 Å². The molecule has 0 amide bonds. The van der Waals surface area contributed by atoms with Crippen molar-refractivity contribution in [2.45, 2.75) is 374 Å². The number of ether oxygens (including phenoxy) is 3. The molecule has 0 aliphatic carbocycles. The van der Waals surface area contributed by atoms with Gasteiger partial charge in [-0.2, -0.15) is 0 Å². The lowest BCUT2D eigenvalue weighted by Crippen LogP contribution is -2.30. The number of unbranched alkanes of at least 4 members (excludes halogenated alkanes) is 43. The summed E-state index contributed by atoms with van der Waals surface area (Å²) in [6, 6.07) is 0. The Morgan fingerprint density at radius 1 is 0.253 bits per heavy atom. The van der Waals surface area contributed by atoms with Crippen molar-refractivity contribution in [3.8, 4) is 0 Å². The minimum Gasteiger partial charge on any atom is -0.462 e. The molecule has 1 unspecified atom stereocenters. The number of rotatable bonds is 64. The molecule has 0 fully saturated rings. The second-order valence-electron chi connectivity index (χ2n) is 23.4. The third-order valence-electron chi connectivity index (χ3n) is 15.5. The van der Waals surface area contributed by atoms with Gasteiger partial charge in [-0.05, 0) is 89.9 Å². The average molecular weight is 1110 g/mol. The van der Waals surface area contributed by atoms with Crippen LogP contribution < -0.4 is 0 Å². The molecule has 0 saturated heterocycles. The number of hydrogen-bond acceptors (Lipinski definition) is 6. The van der Waals surface area contributed by atoms with Gasteiger partial charge >= 0.3 is 17.9 Å². The molecule has 0 rings (SSSR count). The Balaban J connectivity index is 4.20. The zero-order valence-electron chi connectivity index (χ0n) is 52.9. The van der Waals surface area contributed by atoms with E-state index in [2.05, 4.69) is 81.5 Å². The van der Waals surface area contributed by atoms with E-state index in [-0.39, 0.29) is 31.1 Å². The molecule has 0 aromatic carbocycles. The number of allylic oxidation sites excluding steroid dienone is 10. The quantitative estimate of drug-likeness (QED) is 0.0261. The maximum Gasteiger partial charge on any atom is 0.306 e. The van der Waals surface area contributed by atoms with E-state index < -0.39 is 6.10 Å². The molecule has 460 valence electrons. The van der Waals surface area contributed by atoms with Crippen LogP contribution in [0.5, 0.6) is 0 Å². The Bertz CT molecular complexity index is 1410. The van der Waals surface area contributed by atoms with Crippen molar-refractivity contribution in [3.63, 3.8) is 0 Å². The van der Waals surface area contributed by atoms with E-state index in [0.29, 0.717) is 19.3 Å². The largest absolute Gasteiger partial charge is 0.462 e. The standard InChI is InChI=1S/C73H132O6/c1-4-7-10-13-16-19-22-24-26-28-30-32-33-34-35-36-37-38-39-41-42-44-46-48-51-54-57-60-63-66-72(75)78-69-70(68-77-71(74)65-62-59-56-53-50-21-18-15-12-9-6-3)79-73(76)67-64-61-58-55-52-49-47-45-43-40-31-29-27-25-23-20-17-14-11-8-5-2/h22-25,28-31,43,45,70H,4-21,26-27,32-42,44,46-69H2,1-3H3/b24-22-,25-23-,30-28-,31-29-,45-43-. The van der Waals surface area contributed by atoms with Crippen molar-refractivity contribution in [3.05, 3.63) is 60.8 Å². The molecule has 1 atom stereocenters. The molecule has 0 radical (unpaired) electrons. The summed E-state index contributed by atoms with van der Waals surface area (Å²) in [6.07, 6.45) is 86.8. The summed E-state index contributed by atoms with van der Waals surface area (Å²) in [5.74, 6) is -0.867. The van der Waals surface area contributed by atoms with Gasteiger partial charge in [0.2, 0.25) is 0 Å². The number of hydrogen-bond donors (Lipinski definition) is 0.